The van der Waals surface area contributed by atoms with Crippen molar-refractivity contribution in [3.05, 3.63) is 48.6 Å². The quantitative estimate of drug-likeness (QED) is 0.0402. The summed E-state index contributed by atoms with van der Waals surface area (Å²) in [6.45, 7) is 7.20. The maximum Gasteiger partial charge on any atom is 0.158 e. The van der Waals surface area contributed by atoms with Crippen LogP contribution in [0.1, 0.15) is 174 Å². The van der Waals surface area contributed by atoms with Gasteiger partial charge in [0.15, 0.2) is 6.29 Å². The number of rotatable bonds is 35. The Morgan fingerprint density at radius 1 is 0.432 bits per heavy atom. The summed E-state index contributed by atoms with van der Waals surface area (Å²) in [6, 6.07) is 0. The van der Waals surface area contributed by atoms with Crippen LogP contribution in [0.5, 0.6) is 0 Å². The van der Waals surface area contributed by atoms with Crippen molar-refractivity contribution in [2.75, 3.05) is 33.9 Å². The van der Waals surface area contributed by atoms with Crippen molar-refractivity contribution < 1.29 is 9.47 Å². The number of unbranched alkanes of at least 4 members (excludes halogenated alkanes) is 18. The number of allylic oxidation sites excluding steroid dienone is 8. The van der Waals surface area contributed by atoms with Crippen LogP contribution in [0.3, 0.4) is 0 Å². The van der Waals surface area contributed by atoms with E-state index in [1.807, 2.05) is 0 Å². The standard InChI is InChI=1S/C41H77NO2/c1-5-7-9-11-13-15-17-19-21-23-25-27-29-31-33-35-39-43-41(37-38-42(3)4)44-40-36-34-32-30-28-26-24-22-20-18-16-14-12-10-8-6-2/h13-16,19-22,41H,5-12,17-18,23-40H2,1-4H3. The van der Waals surface area contributed by atoms with Gasteiger partial charge in [-0.15, -0.1) is 0 Å². The molecule has 0 rings (SSSR count). The topological polar surface area (TPSA) is 21.7 Å². The molecule has 0 heterocycles. The molecule has 3 heteroatoms. The Balaban J connectivity index is 3.67. The molecule has 44 heavy (non-hydrogen) atoms. The molecule has 0 saturated heterocycles. The predicted octanol–water partition coefficient (Wildman–Crippen LogP) is 12.9. The van der Waals surface area contributed by atoms with E-state index in [9.17, 15) is 0 Å². The fourth-order valence-corrected chi connectivity index (χ4v) is 5.19. The summed E-state index contributed by atoms with van der Waals surface area (Å²) in [5.41, 5.74) is 0. The molecule has 0 aliphatic carbocycles. The van der Waals surface area contributed by atoms with Crippen molar-refractivity contribution in [1.29, 1.82) is 0 Å². The fourth-order valence-electron chi connectivity index (χ4n) is 5.19. The lowest BCUT2D eigenvalue weighted by molar-refractivity contribution is -0.148. The molecule has 0 amide bonds. The Morgan fingerprint density at radius 3 is 1.14 bits per heavy atom. The van der Waals surface area contributed by atoms with E-state index in [2.05, 4.69) is 81.5 Å². The van der Waals surface area contributed by atoms with E-state index in [0.29, 0.717) is 0 Å². The lowest BCUT2D eigenvalue weighted by Crippen LogP contribution is -2.25. The molecular formula is C41H77NO2. The highest BCUT2D eigenvalue weighted by Gasteiger charge is 2.10. The van der Waals surface area contributed by atoms with Crippen molar-refractivity contribution in [3.8, 4) is 0 Å². The van der Waals surface area contributed by atoms with Gasteiger partial charge in [-0.2, -0.15) is 0 Å². The van der Waals surface area contributed by atoms with Crippen molar-refractivity contribution in [3.63, 3.8) is 0 Å². The van der Waals surface area contributed by atoms with Gasteiger partial charge in [-0.05, 0) is 91.1 Å². The minimum atomic E-state index is -0.0478. The van der Waals surface area contributed by atoms with E-state index in [0.717, 1.165) is 51.9 Å². The first-order chi connectivity index (χ1) is 21.7. The molecule has 0 aromatic carbocycles. The highest BCUT2D eigenvalue weighted by molar-refractivity contribution is 4.93. The Hall–Kier alpha value is -1.16. The second-order valence-electron chi connectivity index (χ2n) is 12.9. The molecule has 0 unspecified atom stereocenters. The van der Waals surface area contributed by atoms with Gasteiger partial charge in [-0.3, -0.25) is 0 Å². The second kappa shape index (κ2) is 38.0. The Labute approximate surface area is 277 Å². The number of hydrogen-bond acceptors (Lipinski definition) is 3. The molecule has 3 nitrogen and oxygen atoms in total. The van der Waals surface area contributed by atoms with Gasteiger partial charge in [0.05, 0.1) is 0 Å². The first-order valence-corrected chi connectivity index (χ1v) is 19.2. The van der Waals surface area contributed by atoms with E-state index in [1.54, 1.807) is 0 Å². The van der Waals surface area contributed by atoms with Gasteiger partial charge in [0.1, 0.15) is 0 Å². The summed E-state index contributed by atoms with van der Waals surface area (Å²) in [5, 5.41) is 0. The van der Waals surface area contributed by atoms with Crippen LogP contribution >= 0.6 is 0 Å². The summed E-state index contributed by atoms with van der Waals surface area (Å²) in [5.74, 6) is 0. The molecule has 0 atom stereocenters. The average molecular weight is 616 g/mol. The fraction of sp³-hybridized carbons (Fsp3) is 0.805. The molecule has 0 radical (unpaired) electrons. The maximum atomic E-state index is 6.17. The summed E-state index contributed by atoms with van der Waals surface area (Å²) >= 11 is 0. The van der Waals surface area contributed by atoms with Crippen LogP contribution in [0.25, 0.3) is 0 Å². The normalized spacial score (nSPS) is 13.2. The van der Waals surface area contributed by atoms with Crippen molar-refractivity contribution in [1.82, 2.24) is 4.90 Å². The average Bonchev–Trinajstić information content (AvgIpc) is 3.02. The summed E-state index contributed by atoms with van der Waals surface area (Å²) in [4.78, 5) is 2.22. The highest BCUT2D eigenvalue weighted by Crippen LogP contribution is 2.12. The molecule has 0 fully saturated rings. The monoisotopic (exact) mass is 616 g/mol. The Kier molecular flexibility index (Phi) is 37.0. The minimum Gasteiger partial charge on any atom is -0.353 e. The first-order valence-electron chi connectivity index (χ1n) is 19.2. The Bertz CT molecular complexity index is 601. The Morgan fingerprint density at radius 2 is 0.773 bits per heavy atom. The van der Waals surface area contributed by atoms with E-state index in [-0.39, 0.29) is 6.29 Å². The third-order valence-electron chi connectivity index (χ3n) is 8.11. The maximum absolute atomic E-state index is 6.17. The van der Waals surface area contributed by atoms with Gasteiger partial charge in [0, 0.05) is 26.2 Å². The van der Waals surface area contributed by atoms with E-state index >= 15 is 0 Å². The predicted molar refractivity (Wildman–Crippen MR) is 198 cm³/mol. The van der Waals surface area contributed by atoms with E-state index < -0.39 is 0 Å². The van der Waals surface area contributed by atoms with Crippen LogP contribution in [-0.2, 0) is 9.47 Å². The van der Waals surface area contributed by atoms with Crippen molar-refractivity contribution in [2.45, 2.75) is 181 Å². The van der Waals surface area contributed by atoms with Gasteiger partial charge >= 0.3 is 0 Å². The molecular weight excluding hydrogens is 538 g/mol. The summed E-state index contributed by atoms with van der Waals surface area (Å²) < 4.78 is 12.3. The minimum absolute atomic E-state index is 0.0478. The molecule has 0 spiro atoms. The highest BCUT2D eigenvalue weighted by atomic mass is 16.7. The molecule has 0 aromatic heterocycles. The summed E-state index contributed by atoms with van der Waals surface area (Å²) in [6.07, 6.45) is 50.3. The summed E-state index contributed by atoms with van der Waals surface area (Å²) in [7, 11) is 4.25. The van der Waals surface area contributed by atoms with Crippen LogP contribution in [0.15, 0.2) is 48.6 Å². The van der Waals surface area contributed by atoms with Crippen molar-refractivity contribution in [2.24, 2.45) is 0 Å². The molecule has 0 bridgehead atoms. The van der Waals surface area contributed by atoms with Gasteiger partial charge in [0.2, 0.25) is 0 Å². The van der Waals surface area contributed by atoms with Crippen LogP contribution in [0.2, 0.25) is 0 Å². The zero-order valence-corrected chi connectivity index (χ0v) is 30.3. The molecule has 0 N–H and O–H groups in total. The first kappa shape index (κ1) is 42.8. The van der Waals surface area contributed by atoms with Gasteiger partial charge in [-0.1, -0.05) is 140 Å². The molecule has 258 valence electrons. The van der Waals surface area contributed by atoms with Crippen LogP contribution < -0.4 is 0 Å². The van der Waals surface area contributed by atoms with Crippen LogP contribution in [0, 0.1) is 0 Å². The molecule has 0 saturated carbocycles. The second-order valence-corrected chi connectivity index (χ2v) is 12.9. The smallest absolute Gasteiger partial charge is 0.158 e. The van der Waals surface area contributed by atoms with E-state index in [1.165, 1.54) is 128 Å². The lowest BCUT2D eigenvalue weighted by atomic mass is 10.1. The van der Waals surface area contributed by atoms with Crippen LogP contribution in [-0.4, -0.2) is 45.0 Å². The molecule has 0 aliphatic rings. The van der Waals surface area contributed by atoms with Gasteiger partial charge in [0.25, 0.3) is 0 Å². The van der Waals surface area contributed by atoms with Crippen LogP contribution in [0.4, 0.5) is 0 Å². The molecule has 0 aliphatic heterocycles. The third kappa shape index (κ3) is 37.0. The lowest BCUT2D eigenvalue weighted by Gasteiger charge is -2.20. The van der Waals surface area contributed by atoms with Crippen molar-refractivity contribution >= 4 is 0 Å². The largest absolute Gasteiger partial charge is 0.353 e. The van der Waals surface area contributed by atoms with E-state index in [4.69, 9.17) is 9.47 Å². The van der Waals surface area contributed by atoms with Gasteiger partial charge in [-0.25, -0.2) is 0 Å². The van der Waals surface area contributed by atoms with Gasteiger partial charge < -0.3 is 14.4 Å². The number of nitrogens with zero attached hydrogens (tertiary/aromatic N) is 1. The molecule has 0 aromatic rings. The zero-order valence-electron chi connectivity index (χ0n) is 30.3. The SMILES string of the molecule is CCCCCC=CCC=CCCCCCCCCOC(CCN(C)C)OCCCCCCCCC=CCC=CCCCCC. The third-order valence-corrected chi connectivity index (χ3v) is 8.11. The zero-order chi connectivity index (χ0) is 32.0. The number of ether oxygens (including phenoxy) is 2. The number of hydrogen-bond donors (Lipinski definition) is 0.